The minimum atomic E-state index is -0.273. The van der Waals surface area contributed by atoms with Crippen LogP contribution in [0.15, 0.2) is 76.5 Å². The summed E-state index contributed by atoms with van der Waals surface area (Å²) in [6, 6.07) is 16.9. The summed E-state index contributed by atoms with van der Waals surface area (Å²) >= 11 is 3.14. The Morgan fingerprint density at radius 1 is 0.897 bits per heavy atom. The van der Waals surface area contributed by atoms with Crippen molar-refractivity contribution in [3.8, 4) is 11.3 Å². The average Bonchev–Trinajstić information content (AvgIpc) is 3.48. The largest absolute Gasteiger partial charge is 0.231 e. The summed E-state index contributed by atoms with van der Waals surface area (Å²) < 4.78 is 26.7. The molecule has 0 fully saturated rings. The Kier molecular flexibility index (Phi) is 4.69. The van der Waals surface area contributed by atoms with E-state index in [0.29, 0.717) is 0 Å². The van der Waals surface area contributed by atoms with Gasteiger partial charge in [0.2, 0.25) is 5.13 Å². The zero-order chi connectivity index (χ0) is 19.8. The minimum absolute atomic E-state index is 0.0556. The van der Waals surface area contributed by atoms with E-state index < -0.39 is 0 Å². The second-order valence-corrected chi connectivity index (χ2v) is 8.45. The second kappa shape index (κ2) is 7.50. The molecule has 0 bridgehead atoms. The first-order chi connectivity index (χ1) is 14.2. The van der Waals surface area contributed by atoms with Gasteiger partial charge in [-0.2, -0.15) is 5.10 Å². The summed E-state index contributed by atoms with van der Waals surface area (Å²) in [6.07, 6.45) is 0.720. The Morgan fingerprint density at radius 2 is 1.62 bits per heavy atom. The number of nitrogens with zero attached hydrogens (tertiary/aromatic N) is 3. The topological polar surface area (TPSA) is 28.5 Å². The lowest BCUT2D eigenvalue weighted by molar-refractivity contribution is 0.624. The molecular formula is C22H15F2N3S2. The monoisotopic (exact) mass is 423 g/mol. The normalized spacial score (nSPS) is 16.3. The van der Waals surface area contributed by atoms with E-state index in [1.807, 2.05) is 21.8 Å². The third kappa shape index (κ3) is 3.59. The fraction of sp³-hybridized carbons (Fsp3) is 0.0909. The van der Waals surface area contributed by atoms with Crippen LogP contribution in [0.4, 0.5) is 13.9 Å². The first kappa shape index (κ1) is 18.1. The van der Waals surface area contributed by atoms with Gasteiger partial charge in [-0.05, 0) is 53.4 Å². The number of thiophene rings is 1. The lowest BCUT2D eigenvalue weighted by Crippen LogP contribution is -2.18. The predicted octanol–water partition coefficient (Wildman–Crippen LogP) is 6.51. The standard InChI is InChI=1S/C22H15F2N3S2/c23-16-7-3-14(4-8-16)19-13-29-22(25-19)27-20(15-5-9-17(24)10-6-15)12-18(26-27)21-2-1-11-28-21/h1-11,13,20H,12H2. The Balaban J connectivity index is 1.52. The molecule has 1 aliphatic rings. The van der Waals surface area contributed by atoms with Gasteiger partial charge >= 0.3 is 0 Å². The van der Waals surface area contributed by atoms with Crippen molar-refractivity contribution >= 4 is 33.5 Å². The number of halogens is 2. The smallest absolute Gasteiger partial charge is 0.207 e. The third-order valence-corrected chi connectivity index (χ3v) is 6.55. The molecular weight excluding hydrogens is 408 g/mol. The molecule has 2 aromatic heterocycles. The zero-order valence-electron chi connectivity index (χ0n) is 15.1. The van der Waals surface area contributed by atoms with Gasteiger partial charge in [-0.25, -0.2) is 18.8 Å². The van der Waals surface area contributed by atoms with Gasteiger partial charge in [-0.15, -0.1) is 22.7 Å². The molecule has 1 atom stereocenters. The number of hydrogen-bond acceptors (Lipinski definition) is 5. The molecule has 4 aromatic rings. The fourth-order valence-electron chi connectivity index (χ4n) is 3.35. The van der Waals surface area contributed by atoms with E-state index in [4.69, 9.17) is 10.1 Å². The molecule has 1 unspecified atom stereocenters. The average molecular weight is 424 g/mol. The molecule has 0 radical (unpaired) electrons. The van der Waals surface area contributed by atoms with Crippen LogP contribution >= 0.6 is 22.7 Å². The Morgan fingerprint density at radius 3 is 2.31 bits per heavy atom. The van der Waals surface area contributed by atoms with Crippen LogP contribution in [0.25, 0.3) is 11.3 Å². The van der Waals surface area contributed by atoms with Crippen LogP contribution in [0.2, 0.25) is 0 Å². The van der Waals surface area contributed by atoms with Crippen LogP contribution in [0, 0.1) is 11.6 Å². The van der Waals surface area contributed by atoms with Crippen molar-refractivity contribution in [2.75, 3.05) is 5.01 Å². The summed E-state index contributed by atoms with van der Waals surface area (Å²) in [5.74, 6) is -0.532. The van der Waals surface area contributed by atoms with Crippen molar-refractivity contribution in [3.05, 3.63) is 93.5 Å². The first-order valence-electron chi connectivity index (χ1n) is 9.05. The summed E-state index contributed by atoms with van der Waals surface area (Å²) in [4.78, 5) is 5.87. The third-order valence-electron chi connectivity index (χ3n) is 4.80. The van der Waals surface area contributed by atoms with Crippen LogP contribution in [-0.4, -0.2) is 10.7 Å². The Labute approximate surface area is 174 Å². The highest BCUT2D eigenvalue weighted by Gasteiger charge is 2.32. The molecule has 0 spiro atoms. The number of hydrazone groups is 1. The molecule has 29 heavy (non-hydrogen) atoms. The van der Waals surface area contributed by atoms with E-state index in [9.17, 15) is 8.78 Å². The molecule has 0 saturated heterocycles. The predicted molar refractivity (Wildman–Crippen MR) is 115 cm³/mol. The minimum Gasteiger partial charge on any atom is -0.231 e. The van der Waals surface area contributed by atoms with Gasteiger partial charge in [0, 0.05) is 17.4 Å². The first-order valence-corrected chi connectivity index (χ1v) is 10.8. The molecule has 144 valence electrons. The van der Waals surface area contributed by atoms with Crippen LogP contribution in [-0.2, 0) is 0 Å². The number of aromatic nitrogens is 1. The van der Waals surface area contributed by atoms with E-state index >= 15 is 0 Å². The van der Waals surface area contributed by atoms with Crippen LogP contribution in [0.3, 0.4) is 0 Å². The van der Waals surface area contributed by atoms with E-state index in [1.54, 1.807) is 35.6 Å². The number of hydrogen-bond donors (Lipinski definition) is 0. The number of thiazole rings is 1. The zero-order valence-corrected chi connectivity index (χ0v) is 16.8. The van der Waals surface area contributed by atoms with Crippen molar-refractivity contribution in [2.24, 2.45) is 5.10 Å². The fourth-order valence-corrected chi connectivity index (χ4v) is 4.90. The van der Waals surface area contributed by atoms with Gasteiger partial charge in [0.25, 0.3) is 0 Å². The van der Waals surface area contributed by atoms with E-state index in [-0.39, 0.29) is 17.7 Å². The molecule has 1 aliphatic heterocycles. The molecule has 7 heteroatoms. The van der Waals surface area contributed by atoms with Crippen molar-refractivity contribution in [3.63, 3.8) is 0 Å². The number of rotatable bonds is 4. The van der Waals surface area contributed by atoms with Crippen molar-refractivity contribution in [1.82, 2.24) is 4.98 Å². The summed E-state index contributed by atoms with van der Waals surface area (Å²) in [5, 5.41) is 11.5. The van der Waals surface area contributed by atoms with Gasteiger partial charge in [-0.3, -0.25) is 0 Å². The summed E-state index contributed by atoms with van der Waals surface area (Å²) in [6.45, 7) is 0. The van der Waals surface area contributed by atoms with Gasteiger partial charge in [0.1, 0.15) is 11.6 Å². The maximum Gasteiger partial charge on any atom is 0.207 e. The highest BCUT2D eigenvalue weighted by molar-refractivity contribution is 7.14. The molecule has 0 saturated carbocycles. The van der Waals surface area contributed by atoms with E-state index in [2.05, 4.69) is 6.07 Å². The molecule has 3 nitrogen and oxygen atoms in total. The lowest BCUT2D eigenvalue weighted by atomic mass is 10.0. The second-order valence-electron chi connectivity index (χ2n) is 6.66. The van der Waals surface area contributed by atoms with Crippen LogP contribution in [0.5, 0.6) is 0 Å². The van der Waals surface area contributed by atoms with Crippen LogP contribution in [0.1, 0.15) is 22.9 Å². The van der Waals surface area contributed by atoms with Gasteiger partial charge in [-0.1, -0.05) is 18.2 Å². The highest BCUT2D eigenvalue weighted by atomic mass is 32.1. The summed E-state index contributed by atoms with van der Waals surface area (Å²) in [5.41, 5.74) is 3.62. The van der Waals surface area contributed by atoms with E-state index in [0.717, 1.165) is 39.0 Å². The molecule has 0 N–H and O–H groups in total. The van der Waals surface area contributed by atoms with Gasteiger partial charge in [0.15, 0.2) is 0 Å². The molecule has 0 amide bonds. The van der Waals surface area contributed by atoms with Crippen LogP contribution < -0.4 is 5.01 Å². The molecule has 2 aromatic carbocycles. The van der Waals surface area contributed by atoms with Gasteiger partial charge in [0.05, 0.1) is 22.3 Å². The van der Waals surface area contributed by atoms with E-state index in [1.165, 1.54) is 35.6 Å². The molecule has 5 rings (SSSR count). The SMILES string of the molecule is Fc1ccc(-c2csc(N3N=C(c4cccs4)CC3c3ccc(F)cc3)n2)cc1. The van der Waals surface area contributed by atoms with Crippen molar-refractivity contribution in [1.29, 1.82) is 0 Å². The van der Waals surface area contributed by atoms with Crippen molar-refractivity contribution < 1.29 is 8.78 Å². The molecule has 3 heterocycles. The maximum absolute atomic E-state index is 13.4. The Bertz CT molecular complexity index is 1150. The number of benzene rings is 2. The highest BCUT2D eigenvalue weighted by Crippen LogP contribution is 2.39. The summed E-state index contributed by atoms with van der Waals surface area (Å²) in [7, 11) is 0. The Hall–Kier alpha value is -2.90. The quantitative estimate of drug-likeness (QED) is 0.375. The molecule has 0 aliphatic carbocycles. The lowest BCUT2D eigenvalue weighted by Gasteiger charge is -2.21. The number of anilines is 1. The van der Waals surface area contributed by atoms with Gasteiger partial charge < -0.3 is 0 Å². The maximum atomic E-state index is 13.4. The van der Waals surface area contributed by atoms with Crippen molar-refractivity contribution in [2.45, 2.75) is 12.5 Å².